The highest BCUT2D eigenvalue weighted by molar-refractivity contribution is 14.1. The van der Waals surface area contributed by atoms with Gasteiger partial charge in [0.2, 0.25) is 0 Å². The molecule has 5 aromatic rings. The lowest BCUT2D eigenvalue weighted by Crippen LogP contribution is -2.17. The number of nitrogens with one attached hydrogen (secondary N) is 1. The minimum atomic E-state index is -0.504. The summed E-state index contributed by atoms with van der Waals surface area (Å²) in [6.45, 7) is 0.395. The monoisotopic (exact) mass is 602 g/mol. The normalized spacial score (nSPS) is 11.2. The van der Waals surface area contributed by atoms with E-state index in [0.717, 1.165) is 36.2 Å². The summed E-state index contributed by atoms with van der Waals surface area (Å²) < 4.78 is 12.6. The Kier molecular flexibility index (Phi) is 7.23. The quantitative estimate of drug-likeness (QED) is 0.124. The molecule has 37 heavy (non-hydrogen) atoms. The van der Waals surface area contributed by atoms with E-state index in [1.54, 1.807) is 25.3 Å². The lowest BCUT2D eigenvalue weighted by Gasteiger charge is -2.14. The zero-order chi connectivity index (χ0) is 25.8. The molecule has 7 heteroatoms. The molecule has 0 saturated heterocycles. The molecule has 0 aliphatic carbocycles. The fourth-order valence-electron chi connectivity index (χ4n) is 4.16. The standard InChI is InChI=1S/C30H23IN2O4/c1-36-28-14-19(17-32-33-30(35)25-15-21-8-2-3-9-22(21)16-27(25)34)13-26(31)29(28)37-18-23-11-6-10-20-7-4-5-12-24(20)23/h2-17,34H,18H2,1H3,(H,33,35). The third-order valence-corrected chi connectivity index (χ3v) is 6.79. The summed E-state index contributed by atoms with van der Waals surface area (Å²) in [6, 6.07) is 28.8. The Morgan fingerprint density at radius 2 is 1.65 bits per heavy atom. The number of nitrogens with zero attached hydrogens (tertiary/aromatic N) is 1. The highest BCUT2D eigenvalue weighted by Gasteiger charge is 2.14. The summed E-state index contributed by atoms with van der Waals surface area (Å²) in [7, 11) is 1.58. The number of methoxy groups -OCH3 is 1. The number of hydrogen-bond acceptors (Lipinski definition) is 5. The summed E-state index contributed by atoms with van der Waals surface area (Å²) in [5.74, 6) is 0.594. The molecule has 0 aliphatic rings. The number of phenols is 1. The van der Waals surface area contributed by atoms with Crippen LogP contribution in [0.15, 0.2) is 96.1 Å². The Labute approximate surface area is 227 Å². The number of benzene rings is 5. The lowest BCUT2D eigenvalue weighted by molar-refractivity contribution is 0.0952. The van der Waals surface area contributed by atoms with Gasteiger partial charge in [0.25, 0.3) is 5.91 Å². The second-order valence-corrected chi connectivity index (χ2v) is 9.54. The number of amides is 1. The van der Waals surface area contributed by atoms with Gasteiger partial charge in [-0.1, -0.05) is 66.7 Å². The van der Waals surface area contributed by atoms with Gasteiger partial charge in [-0.05, 0) is 79.5 Å². The molecule has 0 radical (unpaired) electrons. The Balaban J connectivity index is 1.31. The number of carbonyl (C=O) groups excluding carboxylic acids is 1. The molecule has 5 aromatic carbocycles. The van der Waals surface area contributed by atoms with E-state index in [-0.39, 0.29) is 11.3 Å². The molecule has 0 aliphatic heterocycles. The van der Waals surface area contributed by atoms with Crippen molar-refractivity contribution < 1.29 is 19.4 Å². The summed E-state index contributed by atoms with van der Waals surface area (Å²) in [5, 5.41) is 18.4. The van der Waals surface area contributed by atoms with Crippen molar-refractivity contribution in [1.29, 1.82) is 0 Å². The molecular formula is C30H23IN2O4. The van der Waals surface area contributed by atoms with Crippen LogP contribution in [0.4, 0.5) is 0 Å². The van der Waals surface area contributed by atoms with E-state index >= 15 is 0 Å². The number of halogens is 1. The summed E-state index contributed by atoms with van der Waals surface area (Å²) >= 11 is 2.20. The van der Waals surface area contributed by atoms with Crippen molar-refractivity contribution in [2.75, 3.05) is 7.11 Å². The van der Waals surface area contributed by atoms with Crippen LogP contribution in [-0.2, 0) is 6.61 Å². The van der Waals surface area contributed by atoms with Gasteiger partial charge < -0.3 is 14.6 Å². The maximum Gasteiger partial charge on any atom is 0.275 e. The minimum Gasteiger partial charge on any atom is -0.507 e. The first kappa shape index (κ1) is 24.6. The first-order valence-electron chi connectivity index (χ1n) is 11.6. The van der Waals surface area contributed by atoms with Gasteiger partial charge in [0.15, 0.2) is 11.5 Å². The van der Waals surface area contributed by atoms with Crippen molar-refractivity contribution in [2.24, 2.45) is 5.10 Å². The number of fused-ring (bicyclic) bond motifs is 2. The molecule has 0 heterocycles. The van der Waals surface area contributed by atoms with Gasteiger partial charge in [0.1, 0.15) is 12.4 Å². The van der Waals surface area contributed by atoms with E-state index in [9.17, 15) is 9.90 Å². The third kappa shape index (κ3) is 5.36. The second-order valence-electron chi connectivity index (χ2n) is 8.38. The number of carbonyl (C=O) groups is 1. The van der Waals surface area contributed by atoms with E-state index < -0.39 is 5.91 Å². The van der Waals surface area contributed by atoms with Gasteiger partial charge in [-0.2, -0.15) is 5.10 Å². The molecule has 0 aromatic heterocycles. The van der Waals surface area contributed by atoms with Gasteiger partial charge >= 0.3 is 0 Å². The molecular weight excluding hydrogens is 579 g/mol. The summed E-state index contributed by atoms with van der Waals surface area (Å²) in [5.41, 5.74) is 4.45. The molecule has 5 rings (SSSR count). The SMILES string of the molecule is COc1cc(C=NNC(=O)c2cc3ccccc3cc2O)cc(I)c1OCc1cccc2ccccc12. The van der Waals surface area contributed by atoms with E-state index in [2.05, 4.69) is 57.4 Å². The fourth-order valence-corrected chi connectivity index (χ4v) is 4.94. The van der Waals surface area contributed by atoms with Gasteiger partial charge in [0.05, 0.1) is 22.5 Å². The van der Waals surface area contributed by atoms with Crippen molar-refractivity contribution in [1.82, 2.24) is 5.43 Å². The van der Waals surface area contributed by atoms with E-state index in [0.29, 0.717) is 18.1 Å². The Morgan fingerprint density at radius 3 is 2.43 bits per heavy atom. The van der Waals surface area contributed by atoms with Gasteiger partial charge in [-0.3, -0.25) is 4.79 Å². The topological polar surface area (TPSA) is 80.2 Å². The maximum atomic E-state index is 12.6. The highest BCUT2D eigenvalue weighted by Crippen LogP contribution is 2.34. The van der Waals surface area contributed by atoms with Gasteiger partial charge in [-0.15, -0.1) is 0 Å². The molecule has 1 amide bonds. The predicted molar refractivity (Wildman–Crippen MR) is 155 cm³/mol. The van der Waals surface area contributed by atoms with Crippen molar-refractivity contribution in [3.8, 4) is 17.2 Å². The number of hydrogen-bond donors (Lipinski definition) is 2. The van der Waals surface area contributed by atoms with Crippen LogP contribution in [0, 0.1) is 3.57 Å². The number of hydrazone groups is 1. The van der Waals surface area contributed by atoms with Crippen LogP contribution in [0.1, 0.15) is 21.5 Å². The number of rotatable bonds is 7. The summed E-state index contributed by atoms with van der Waals surface area (Å²) in [4.78, 5) is 12.6. The van der Waals surface area contributed by atoms with Crippen molar-refractivity contribution in [3.63, 3.8) is 0 Å². The Bertz CT molecular complexity index is 1640. The molecule has 0 spiro atoms. The highest BCUT2D eigenvalue weighted by atomic mass is 127. The van der Waals surface area contributed by atoms with Crippen LogP contribution < -0.4 is 14.9 Å². The summed E-state index contributed by atoms with van der Waals surface area (Å²) in [6.07, 6.45) is 1.52. The van der Waals surface area contributed by atoms with Crippen LogP contribution in [-0.4, -0.2) is 24.3 Å². The fraction of sp³-hybridized carbons (Fsp3) is 0.0667. The predicted octanol–water partition coefficient (Wildman–Crippen LogP) is 6.65. The van der Waals surface area contributed by atoms with E-state index in [1.165, 1.54) is 6.21 Å². The zero-order valence-electron chi connectivity index (χ0n) is 19.9. The van der Waals surface area contributed by atoms with E-state index in [1.807, 2.05) is 48.5 Å². The zero-order valence-corrected chi connectivity index (χ0v) is 22.1. The molecule has 0 bridgehead atoms. The third-order valence-electron chi connectivity index (χ3n) is 5.99. The Hall–Kier alpha value is -4.11. The van der Waals surface area contributed by atoms with Crippen LogP contribution >= 0.6 is 22.6 Å². The van der Waals surface area contributed by atoms with Crippen molar-refractivity contribution in [3.05, 3.63) is 111 Å². The van der Waals surface area contributed by atoms with Gasteiger partial charge in [-0.25, -0.2) is 5.43 Å². The maximum absolute atomic E-state index is 12.6. The molecule has 6 nitrogen and oxygen atoms in total. The molecule has 0 atom stereocenters. The first-order valence-corrected chi connectivity index (χ1v) is 12.6. The average Bonchev–Trinajstić information content (AvgIpc) is 2.91. The number of ether oxygens (including phenoxy) is 2. The number of phenolic OH excluding ortho intramolecular Hbond substituents is 1. The molecule has 2 N–H and O–H groups in total. The molecule has 184 valence electrons. The van der Waals surface area contributed by atoms with Crippen LogP contribution in [0.5, 0.6) is 17.2 Å². The first-order chi connectivity index (χ1) is 18.0. The van der Waals surface area contributed by atoms with Crippen molar-refractivity contribution >= 4 is 56.3 Å². The van der Waals surface area contributed by atoms with E-state index in [4.69, 9.17) is 9.47 Å². The Morgan fingerprint density at radius 1 is 0.946 bits per heavy atom. The number of aromatic hydroxyl groups is 1. The molecule has 0 unspecified atom stereocenters. The molecule has 0 saturated carbocycles. The smallest absolute Gasteiger partial charge is 0.275 e. The second kappa shape index (κ2) is 10.9. The van der Waals surface area contributed by atoms with Crippen LogP contribution in [0.2, 0.25) is 0 Å². The largest absolute Gasteiger partial charge is 0.507 e. The van der Waals surface area contributed by atoms with Crippen molar-refractivity contribution in [2.45, 2.75) is 6.61 Å². The lowest BCUT2D eigenvalue weighted by atomic mass is 10.1. The average molecular weight is 602 g/mol. The van der Waals surface area contributed by atoms with Crippen LogP contribution in [0.25, 0.3) is 21.5 Å². The molecule has 0 fully saturated rings. The van der Waals surface area contributed by atoms with Crippen LogP contribution in [0.3, 0.4) is 0 Å². The minimum absolute atomic E-state index is 0.102. The van der Waals surface area contributed by atoms with Gasteiger partial charge in [0, 0.05) is 0 Å².